The van der Waals surface area contributed by atoms with Crippen molar-refractivity contribution in [3.63, 3.8) is 0 Å². The molecule has 1 aromatic heterocycles. The molecule has 4 rings (SSSR count). The van der Waals surface area contributed by atoms with Gasteiger partial charge in [-0.15, -0.1) is 0 Å². The van der Waals surface area contributed by atoms with Gasteiger partial charge in [-0.3, -0.25) is 4.79 Å². The summed E-state index contributed by atoms with van der Waals surface area (Å²) in [5.41, 5.74) is 7.77. The highest BCUT2D eigenvalue weighted by Gasteiger charge is 2.22. The van der Waals surface area contributed by atoms with Gasteiger partial charge in [0.05, 0.1) is 0 Å². The largest absolute Gasteiger partial charge is 0.366 e. The number of benzene rings is 2. The summed E-state index contributed by atoms with van der Waals surface area (Å²) in [7, 11) is 0. The molecular weight excluding hydrogens is 279 g/mol. The monoisotopic (exact) mass is 295 g/mol. The summed E-state index contributed by atoms with van der Waals surface area (Å²) >= 11 is 0. The van der Waals surface area contributed by atoms with Crippen molar-refractivity contribution < 1.29 is 9.18 Å². The first-order chi connectivity index (χ1) is 10.6. The van der Waals surface area contributed by atoms with Crippen LogP contribution >= 0.6 is 0 Å². The summed E-state index contributed by atoms with van der Waals surface area (Å²) in [5.74, 6) is -0.262. The maximum Gasteiger partial charge on any atom is 0.249 e. The SMILES string of the molecule is NC(=O)c1cccc2c1c1[c]c(F)ccc1n2CC1CCC1. The molecule has 1 amide bonds. The van der Waals surface area contributed by atoms with Crippen LogP contribution in [-0.2, 0) is 6.54 Å². The second kappa shape index (κ2) is 4.83. The third-order valence-electron chi connectivity index (χ3n) is 4.69. The average molecular weight is 295 g/mol. The van der Waals surface area contributed by atoms with E-state index in [1.165, 1.54) is 25.3 Å². The quantitative estimate of drug-likeness (QED) is 0.788. The lowest BCUT2D eigenvalue weighted by Gasteiger charge is -2.26. The molecule has 0 atom stereocenters. The molecule has 22 heavy (non-hydrogen) atoms. The number of halogens is 1. The molecule has 4 heteroatoms. The zero-order valence-corrected chi connectivity index (χ0v) is 12.1. The van der Waals surface area contributed by atoms with Gasteiger partial charge in [0.1, 0.15) is 5.82 Å². The third kappa shape index (κ3) is 1.90. The lowest BCUT2D eigenvalue weighted by molar-refractivity contribution is 0.100. The molecule has 1 aliphatic carbocycles. The second-order valence-corrected chi connectivity index (χ2v) is 6.04. The summed E-state index contributed by atoms with van der Waals surface area (Å²) in [6, 6.07) is 11.4. The second-order valence-electron chi connectivity index (χ2n) is 6.04. The highest BCUT2D eigenvalue weighted by atomic mass is 19.1. The van der Waals surface area contributed by atoms with Crippen LogP contribution in [-0.4, -0.2) is 10.5 Å². The van der Waals surface area contributed by atoms with Crippen LogP contribution in [0.15, 0.2) is 30.3 Å². The molecule has 0 spiro atoms. The van der Waals surface area contributed by atoms with Crippen molar-refractivity contribution in [1.82, 2.24) is 4.57 Å². The topological polar surface area (TPSA) is 48.0 Å². The Hall–Kier alpha value is -2.36. The van der Waals surface area contributed by atoms with E-state index in [4.69, 9.17) is 5.73 Å². The van der Waals surface area contributed by atoms with Gasteiger partial charge < -0.3 is 10.3 Å². The van der Waals surface area contributed by atoms with E-state index >= 15 is 0 Å². The van der Waals surface area contributed by atoms with E-state index in [9.17, 15) is 9.18 Å². The van der Waals surface area contributed by atoms with Gasteiger partial charge in [-0.1, -0.05) is 12.5 Å². The Morgan fingerprint density at radius 1 is 1.27 bits per heavy atom. The molecule has 0 aliphatic heterocycles. The number of carbonyl (C=O) groups is 1. The van der Waals surface area contributed by atoms with Gasteiger partial charge in [-0.25, -0.2) is 4.39 Å². The van der Waals surface area contributed by atoms with E-state index < -0.39 is 11.7 Å². The summed E-state index contributed by atoms with van der Waals surface area (Å²) in [5, 5.41) is 1.35. The van der Waals surface area contributed by atoms with E-state index in [0.29, 0.717) is 22.3 Å². The first kappa shape index (κ1) is 13.3. The van der Waals surface area contributed by atoms with Crippen LogP contribution in [0.1, 0.15) is 29.6 Å². The minimum Gasteiger partial charge on any atom is -0.366 e. The van der Waals surface area contributed by atoms with Gasteiger partial charge in [0, 0.05) is 40.0 Å². The number of aromatic nitrogens is 1. The molecule has 2 N–H and O–H groups in total. The van der Waals surface area contributed by atoms with E-state index in [1.807, 2.05) is 12.1 Å². The molecule has 111 valence electrons. The number of carbonyl (C=O) groups excluding carboxylic acids is 1. The molecule has 3 aromatic rings. The Kier molecular flexibility index (Phi) is 2.93. The van der Waals surface area contributed by atoms with Crippen molar-refractivity contribution in [2.45, 2.75) is 25.8 Å². The van der Waals surface area contributed by atoms with Crippen LogP contribution in [0.3, 0.4) is 0 Å². The van der Waals surface area contributed by atoms with Crippen LogP contribution in [0, 0.1) is 17.8 Å². The molecule has 1 radical (unpaired) electrons. The smallest absolute Gasteiger partial charge is 0.249 e. The maximum atomic E-state index is 13.7. The normalized spacial score (nSPS) is 15.3. The molecule has 0 bridgehead atoms. The van der Waals surface area contributed by atoms with Gasteiger partial charge in [0.15, 0.2) is 0 Å². The van der Waals surface area contributed by atoms with Crippen LogP contribution < -0.4 is 5.73 Å². The Morgan fingerprint density at radius 3 is 2.77 bits per heavy atom. The molecule has 1 saturated carbocycles. The van der Waals surface area contributed by atoms with Gasteiger partial charge in [-0.2, -0.15) is 0 Å². The van der Waals surface area contributed by atoms with Crippen molar-refractivity contribution >= 4 is 27.7 Å². The molecule has 3 nitrogen and oxygen atoms in total. The van der Waals surface area contributed by atoms with Crippen molar-refractivity contribution in [3.8, 4) is 0 Å². The first-order valence-corrected chi connectivity index (χ1v) is 7.57. The molecule has 0 unspecified atom stereocenters. The Bertz CT molecular complexity index is 893. The van der Waals surface area contributed by atoms with E-state index in [-0.39, 0.29) is 0 Å². The minimum atomic E-state index is -0.494. The lowest BCUT2D eigenvalue weighted by atomic mass is 9.85. The Labute approximate surface area is 127 Å². The van der Waals surface area contributed by atoms with Crippen molar-refractivity contribution in [1.29, 1.82) is 0 Å². The molecule has 0 saturated heterocycles. The van der Waals surface area contributed by atoms with Crippen molar-refractivity contribution in [2.75, 3.05) is 0 Å². The minimum absolute atomic E-state index is 0.422. The summed E-state index contributed by atoms with van der Waals surface area (Å²) < 4.78 is 15.8. The number of primary amides is 1. The van der Waals surface area contributed by atoms with Gasteiger partial charge >= 0.3 is 0 Å². The van der Waals surface area contributed by atoms with Crippen molar-refractivity contribution in [3.05, 3.63) is 47.8 Å². The van der Waals surface area contributed by atoms with Crippen LogP contribution in [0.25, 0.3) is 21.8 Å². The fourth-order valence-corrected chi connectivity index (χ4v) is 3.37. The molecule has 1 aliphatic rings. The van der Waals surface area contributed by atoms with Gasteiger partial charge in [0.2, 0.25) is 5.91 Å². The number of amides is 1. The molecular formula is C18H16FN2O. The number of hydrogen-bond acceptors (Lipinski definition) is 1. The third-order valence-corrected chi connectivity index (χ3v) is 4.69. The lowest BCUT2D eigenvalue weighted by Crippen LogP contribution is -2.18. The van der Waals surface area contributed by atoms with E-state index in [0.717, 1.165) is 17.6 Å². The average Bonchev–Trinajstić information content (AvgIpc) is 2.76. The molecule has 1 heterocycles. The van der Waals surface area contributed by atoms with E-state index in [2.05, 4.69) is 10.6 Å². The van der Waals surface area contributed by atoms with Crippen LogP contribution in [0.5, 0.6) is 0 Å². The summed E-state index contributed by atoms with van der Waals surface area (Å²) in [6.45, 7) is 0.891. The standard InChI is InChI=1S/C18H16FN2O/c19-12-7-8-15-14(9-12)17-13(18(20)22)5-2-6-16(17)21(15)10-11-3-1-4-11/h2,5-8,11H,1,3-4,10H2,(H2,20,22). The predicted molar refractivity (Wildman–Crippen MR) is 84.1 cm³/mol. The summed E-state index contributed by atoms with van der Waals surface area (Å²) in [4.78, 5) is 11.7. The zero-order valence-electron chi connectivity index (χ0n) is 12.1. The highest BCUT2D eigenvalue weighted by Crippen LogP contribution is 2.35. The molecule has 1 fully saturated rings. The number of nitrogens with two attached hydrogens (primary N) is 1. The Morgan fingerprint density at radius 2 is 2.09 bits per heavy atom. The van der Waals surface area contributed by atoms with Crippen LogP contribution in [0.2, 0.25) is 0 Å². The number of nitrogens with zero attached hydrogens (tertiary/aromatic N) is 1. The summed E-state index contributed by atoms with van der Waals surface area (Å²) in [6.07, 6.45) is 3.72. The van der Waals surface area contributed by atoms with Crippen LogP contribution in [0.4, 0.5) is 4.39 Å². The van der Waals surface area contributed by atoms with E-state index in [1.54, 1.807) is 12.1 Å². The Balaban J connectivity index is 2.07. The zero-order chi connectivity index (χ0) is 15.3. The number of rotatable bonds is 3. The maximum absolute atomic E-state index is 13.7. The van der Waals surface area contributed by atoms with Gasteiger partial charge in [0.25, 0.3) is 0 Å². The molecule has 2 aromatic carbocycles. The highest BCUT2D eigenvalue weighted by molar-refractivity contribution is 6.17. The predicted octanol–water partition coefficient (Wildman–Crippen LogP) is 3.63. The fraction of sp³-hybridized carbons (Fsp3) is 0.278. The van der Waals surface area contributed by atoms with Gasteiger partial charge in [-0.05, 0) is 43.0 Å². The fourth-order valence-electron chi connectivity index (χ4n) is 3.37. The van der Waals surface area contributed by atoms with Crippen molar-refractivity contribution in [2.24, 2.45) is 11.7 Å². The first-order valence-electron chi connectivity index (χ1n) is 7.57. The number of fused-ring (bicyclic) bond motifs is 3. The number of hydrogen-bond donors (Lipinski definition) is 1.